The molecule has 22 heavy (non-hydrogen) atoms. The maximum atomic E-state index is 12.6. The van der Waals surface area contributed by atoms with Crippen molar-refractivity contribution in [2.45, 2.75) is 25.6 Å². The third kappa shape index (κ3) is 1.66. The Balaban J connectivity index is 2.22. The van der Waals surface area contributed by atoms with Crippen LogP contribution in [0.3, 0.4) is 0 Å². The molecular formula is C15H13NO6. The molecule has 3 atom stereocenters. The minimum absolute atomic E-state index is 0.0743. The summed E-state index contributed by atoms with van der Waals surface area (Å²) in [6.07, 6.45) is 0.158. The van der Waals surface area contributed by atoms with Crippen LogP contribution < -0.4 is 0 Å². The number of rotatable bonds is 2. The number of carboxylic acids is 1. The average Bonchev–Trinajstić information content (AvgIpc) is 2.80. The lowest BCUT2D eigenvalue weighted by Crippen LogP contribution is -2.47. The zero-order valence-electron chi connectivity index (χ0n) is 11.9. The first kappa shape index (κ1) is 14.4. The quantitative estimate of drug-likeness (QED) is 0.821. The molecular weight excluding hydrogens is 290 g/mol. The Bertz CT molecular complexity index is 750. The van der Waals surface area contributed by atoms with Crippen LogP contribution in [-0.4, -0.2) is 44.4 Å². The van der Waals surface area contributed by atoms with Gasteiger partial charge in [0.05, 0.1) is 17.2 Å². The van der Waals surface area contributed by atoms with Crippen LogP contribution in [0.25, 0.3) is 0 Å². The zero-order valence-corrected chi connectivity index (χ0v) is 11.9. The molecule has 0 saturated carbocycles. The number of aliphatic carboxylic acids is 1. The number of aliphatic hydroxyl groups excluding tert-OH is 1. The summed E-state index contributed by atoms with van der Waals surface area (Å²) in [6, 6.07) is 2.94. The fourth-order valence-electron chi connectivity index (χ4n) is 2.87. The highest BCUT2D eigenvalue weighted by atomic mass is 16.5. The van der Waals surface area contributed by atoms with Crippen LogP contribution in [0.2, 0.25) is 0 Å². The number of carbonyl (C=O) groups excluding carboxylic acids is 2. The van der Waals surface area contributed by atoms with E-state index >= 15 is 0 Å². The lowest BCUT2D eigenvalue weighted by molar-refractivity contribution is -0.153. The predicted molar refractivity (Wildman–Crippen MR) is 72.2 cm³/mol. The van der Waals surface area contributed by atoms with Crippen molar-refractivity contribution in [2.24, 2.45) is 5.92 Å². The Morgan fingerprint density at radius 2 is 2.09 bits per heavy atom. The highest BCUT2D eigenvalue weighted by Crippen LogP contribution is 2.46. The summed E-state index contributed by atoms with van der Waals surface area (Å²) in [5, 5.41) is 19.4. The normalized spacial score (nSPS) is 28.0. The first-order valence-corrected chi connectivity index (χ1v) is 6.67. The largest absolute Gasteiger partial charge is 0.481 e. The van der Waals surface area contributed by atoms with Gasteiger partial charge in [0.25, 0.3) is 0 Å². The van der Waals surface area contributed by atoms with Crippen LogP contribution in [0.5, 0.6) is 0 Å². The van der Waals surface area contributed by atoms with Gasteiger partial charge in [-0.2, -0.15) is 0 Å². The molecule has 0 radical (unpaired) electrons. The molecule has 0 amide bonds. The van der Waals surface area contributed by atoms with Gasteiger partial charge in [-0.05, 0) is 26.0 Å². The van der Waals surface area contributed by atoms with Crippen LogP contribution in [0.15, 0.2) is 29.7 Å². The minimum atomic E-state index is -1.59. The Kier molecular flexibility index (Phi) is 2.93. The maximum Gasteiger partial charge on any atom is 0.315 e. The van der Waals surface area contributed by atoms with Gasteiger partial charge in [0.2, 0.25) is 11.6 Å². The van der Waals surface area contributed by atoms with E-state index in [1.807, 2.05) is 0 Å². The minimum Gasteiger partial charge on any atom is -0.481 e. The van der Waals surface area contributed by atoms with Crippen molar-refractivity contribution < 1.29 is 29.3 Å². The number of hydrogen-bond donors (Lipinski definition) is 2. The van der Waals surface area contributed by atoms with Crippen LogP contribution in [0.4, 0.5) is 0 Å². The maximum absolute atomic E-state index is 12.6. The van der Waals surface area contributed by atoms with Gasteiger partial charge in [0.15, 0.2) is 5.76 Å². The fourth-order valence-corrected chi connectivity index (χ4v) is 2.87. The number of ketones is 2. The topological polar surface area (TPSA) is 114 Å². The van der Waals surface area contributed by atoms with E-state index < -0.39 is 35.2 Å². The third-order valence-electron chi connectivity index (χ3n) is 4.22. The number of carboxylic acid groups (broad SMARTS) is 1. The van der Waals surface area contributed by atoms with Crippen LogP contribution in [-0.2, 0) is 9.53 Å². The number of Topliss-reactive ketones (excluding diaryl/α,β-unsaturated/α-hetero) is 2. The molecule has 1 aliphatic heterocycles. The molecule has 2 N–H and O–H groups in total. The van der Waals surface area contributed by atoms with E-state index in [1.165, 1.54) is 32.2 Å². The van der Waals surface area contributed by atoms with Crippen molar-refractivity contribution in [3.05, 3.63) is 40.9 Å². The van der Waals surface area contributed by atoms with E-state index in [0.29, 0.717) is 0 Å². The number of carbonyl (C=O) groups is 3. The molecule has 0 fully saturated rings. The summed E-state index contributed by atoms with van der Waals surface area (Å²) in [4.78, 5) is 40.6. The second-order valence-electron chi connectivity index (χ2n) is 5.53. The number of pyridine rings is 1. The molecule has 7 heteroatoms. The highest BCUT2D eigenvalue weighted by molar-refractivity contribution is 6.27. The third-order valence-corrected chi connectivity index (χ3v) is 4.22. The summed E-state index contributed by atoms with van der Waals surface area (Å²) in [7, 11) is 0. The van der Waals surface area contributed by atoms with Crippen molar-refractivity contribution in [2.75, 3.05) is 0 Å². The van der Waals surface area contributed by atoms with Gasteiger partial charge in [-0.3, -0.25) is 19.4 Å². The molecule has 0 aromatic carbocycles. The second kappa shape index (κ2) is 4.48. The number of aromatic nitrogens is 1. The average molecular weight is 303 g/mol. The lowest BCUT2D eigenvalue weighted by Gasteiger charge is -2.32. The van der Waals surface area contributed by atoms with Gasteiger partial charge in [0.1, 0.15) is 17.2 Å². The first-order chi connectivity index (χ1) is 10.3. The van der Waals surface area contributed by atoms with Gasteiger partial charge in [-0.15, -0.1) is 0 Å². The van der Waals surface area contributed by atoms with Crippen molar-refractivity contribution in [1.29, 1.82) is 0 Å². The molecule has 7 nitrogen and oxygen atoms in total. The fraction of sp³-hybridized carbons (Fsp3) is 0.333. The van der Waals surface area contributed by atoms with E-state index in [9.17, 15) is 24.6 Å². The first-order valence-electron chi connectivity index (χ1n) is 6.67. The number of nitrogens with zero attached hydrogens (tertiary/aromatic N) is 1. The molecule has 3 unspecified atom stereocenters. The summed E-state index contributed by atoms with van der Waals surface area (Å²) in [5.41, 5.74) is -1.85. The standard InChI is InChI=1S/C15H13NO6/c1-6(17)15(2)9(14(20)21)8-12(19)10-7(4-3-5-16-10)11(18)13(8)22-15/h3-6,9,17H,1-2H3,(H,20,21). The Labute approximate surface area is 125 Å². The lowest BCUT2D eigenvalue weighted by atomic mass is 9.77. The Morgan fingerprint density at radius 3 is 2.68 bits per heavy atom. The monoisotopic (exact) mass is 303 g/mol. The molecule has 1 aliphatic carbocycles. The van der Waals surface area contributed by atoms with Gasteiger partial charge < -0.3 is 14.9 Å². The number of hydrogen-bond acceptors (Lipinski definition) is 6. The Hall–Kier alpha value is -2.54. The zero-order chi connectivity index (χ0) is 16.2. The smallest absolute Gasteiger partial charge is 0.315 e. The van der Waals surface area contributed by atoms with E-state index in [4.69, 9.17) is 4.74 Å². The summed E-state index contributed by atoms with van der Waals surface area (Å²) in [6.45, 7) is 2.72. The number of ether oxygens (including phenoxy) is 1. The van der Waals surface area contributed by atoms with Gasteiger partial charge in [-0.25, -0.2) is 0 Å². The van der Waals surface area contributed by atoms with E-state index in [2.05, 4.69) is 4.98 Å². The molecule has 3 rings (SSSR count). The predicted octanol–water partition coefficient (Wildman–Crippen LogP) is 0.585. The SMILES string of the molecule is CC(O)C1(C)OC2=C(C(=O)c3ncccc3C2=O)C1C(=O)O. The Morgan fingerprint density at radius 1 is 1.41 bits per heavy atom. The van der Waals surface area contributed by atoms with E-state index in [1.54, 1.807) is 0 Å². The molecule has 1 aromatic heterocycles. The van der Waals surface area contributed by atoms with Crippen LogP contribution in [0.1, 0.15) is 34.7 Å². The summed E-state index contributed by atoms with van der Waals surface area (Å²) < 4.78 is 5.48. The van der Waals surface area contributed by atoms with E-state index in [0.717, 1.165) is 0 Å². The molecule has 2 heterocycles. The molecule has 2 aliphatic rings. The van der Waals surface area contributed by atoms with Crippen LogP contribution >= 0.6 is 0 Å². The molecule has 1 aromatic rings. The van der Waals surface area contributed by atoms with Gasteiger partial charge in [0, 0.05) is 6.20 Å². The summed E-state index contributed by atoms with van der Waals surface area (Å²) in [5.74, 6) is -4.32. The molecule has 0 spiro atoms. The van der Waals surface area contributed by atoms with Crippen molar-refractivity contribution in [1.82, 2.24) is 4.98 Å². The number of fused-ring (bicyclic) bond motifs is 1. The van der Waals surface area contributed by atoms with Crippen molar-refractivity contribution in [3.63, 3.8) is 0 Å². The van der Waals surface area contributed by atoms with Crippen molar-refractivity contribution >= 4 is 17.5 Å². The molecule has 114 valence electrons. The molecule has 0 bridgehead atoms. The van der Waals surface area contributed by atoms with Crippen molar-refractivity contribution in [3.8, 4) is 0 Å². The summed E-state index contributed by atoms with van der Waals surface area (Å²) >= 11 is 0. The van der Waals surface area contributed by atoms with Gasteiger partial charge in [-0.1, -0.05) is 0 Å². The number of allylic oxidation sites excluding steroid dienone is 1. The molecule has 0 saturated heterocycles. The second-order valence-corrected chi connectivity index (χ2v) is 5.53. The highest BCUT2D eigenvalue weighted by Gasteiger charge is 2.58. The van der Waals surface area contributed by atoms with E-state index in [-0.39, 0.29) is 22.6 Å². The van der Waals surface area contributed by atoms with Crippen LogP contribution in [0, 0.1) is 5.92 Å². The number of aliphatic hydroxyl groups is 1. The van der Waals surface area contributed by atoms with Gasteiger partial charge >= 0.3 is 5.97 Å².